The summed E-state index contributed by atoms with van der Waals surface area (Å²) in [6.45, 7) is 0. The van der Waals surface area contributed by atoms with Gasteiger partial charge in [-0.25, -0.2) is 4.98 Å². The number of carbonyl (C=O) groups is 1. The quantitative estimate of drug-likeness (QED) is 0.130. The van der Waals surface area contributed by atoms with Gasteiger partial charge in [-0.1, -0.05) is 127 Å². The van der Waals surface area contributed by atoms with E-state index in [-0.39, 0.29) is 5.78 Å². The Bertz CT molecular complexity index is 1620. The third-order valence-corrected chi connectivity index (χ3v) is 7.00. The van der Waals surface area contributed by atoms with Crippen LogP contribution in [0.5, 0.6) is 0 Å². The molecule has 0 aliphatic carbocycles. The number of benzene rings is 5. The topological polar surface area (TPSA) is 34.9 Å². The zero-order valence-corrected chi connectivity index (χ0v) is 20.8. The third-order valence-electron chi connectivity index (χ3n) is 7.00. The van der Waals surface area contributed by atoms with E-state index in [0.29, 0.717) is 11.3 Å². The maximum absolute atomic E-state index is 13.0. The fourth-order valence-electron chi connectivity index (χ4n) is 5.19. The SMILES string of the molecule is O=C(/C=C/c1cn(C(c2ccccc2)(c2ccccc2)c2ccccc2)cn1)c1ccc2ccccc2c1. The minimum Gasteiger partial charge on any atom is -0.318 e. The molecule has 0 amide bonds. The molecule has 0 bridgehead atoms. The molecule has 1 aromatic heterocycles. The van der Waals surface area contributed by atoms with Gasteiger partial charge in [-0.15, -0.1) is 0 Å². The minimum atomic E-state index is -0.634. The van der Waals surface area contributed by atoms with Crippen LogP contribution in [0.3, 0.4) is 0 Å². The van der Waals surface area contributed by atoms with E-state index in [4.69, 9.17) is 4.98 Å². The number of allylic oxidation sites excluding steroid dienone is 1. The summed E-state index contributed by atoms with van der Waals surface area (Å²) >= 11 is 0. The minimum absolute atomic E-state index is 0.0502. The highest BCUT2D eigenvalue weighted by atomic mass is 16.1. The van der Waals surface area contributed by atoms with Gasteiger partial charge >= 0.3 is 0 Å². The van der Waals surface area contributed by atoms with Crippen LogP contribution in [0, 0.1) is 0 Å². The van der Waals surface area contributed by atoms with Crippen molar-refractivity contribution < 1.29 is 4.79 Å². The van der Waals surface area contributed by atoms with Crippen molar-refractivity contribution in [2.75, 3.05) is 0 Å². The monoisotopic (exact) mass is 490 g/mol. The number of fused-ring (bicyclic) bond motifs is 1. The van der Waals surface area contributed by atoms with Crippen LogP contribution in [0.2, 0.25) is 0 Å². The zero-order valence-electron chi connectivity index (χ0n) is 20.8. The van der Waals surface area contributed by atoms with Crippen molar-refractivity contribution in [1.29, 1.82) is 0 Å². The Morgan fingerprint density at radius 3 is 1.74 bits per heavy atom. The van der Waals surface area contributed by atoms with E-state index >= 15 is 0 Å². The van der Waals surface area contributed by atoms with Crippen molar-refractivity contribution in [3.8, 4) is 0 Å². The number of carbonyl (C=O) groups excluding carboxylic acids is 1. The Balaban J connectivity index is 1.43. The summed E-state index contributed by atoms with van der Waals surface area (Å²) in [6, 6.07) is 45.2. The smallest absolute Gasteiger partial charge is 0.185 e. The molecule has 0 N–H and O–H groups in total. The van der Waals surface area contributed by atoms with Crippen molar-refractivity contribution in [2.24, 2.45) is 0 Å². The molecule has 1 heterocycles. The van der Waals surface area contributed by atoms with Gasteiger partial charge < -0.3 is 4.57 Å². The predicted molar refractivity (Wildman–Crippen MR) is 154 cm³/mol. The second-order valence-corrected chi connectivity index (χ2v) is 9.27. The number of hydrogen-bond acceptors (Lipinski definition) is 2. The molecular formula is C35H26N2O. The molecule has 6 aromatic rings. The van der Waals surface area contributed by atoms with Gasteiger partial charge in [0.25, 0.3) is 0 Å². The number of imidazole rings is 1. The van der Waals surface area contributed by atoms with Crippen molar-refractivity contribution in [2.45, 2.75) is 5.54 Å². The predicted octanol–water partition coefficient (Wildman–Crippen LogP) is 7.77. The van der Waals surface area contributed by atoms with Gasteiger partial charge in [0.1, 0.15) is 5.54 Å². The molecule has 3 nitrogen and oxygen atoms in total. The van der Waals surface area contributed by atoms with Crippen LogP contribution in [-0.2, 0) is 5.54 Å². The van der Waals surface area contributed by atoms with E-state index < -0.39 is 5.54 Å². The molecule has 3 heteroatoms. The standard InChI is InChI=1S/C35H26N2O/c38-34(29-21-20-27-12-10-11-13-28(27)24-29)23-22-33-25-37(26-36-33)35(30-14-4-1-5-15-30,31-16-6-2-7-17-31)32-18-8-3-9-19-32/h1-26H/b23-22+. The summed E-state index contributed by atoms with van der Waals surface area (Å²) in [4.78, 5) is 17.7. The first-order chi connectivity index (χ1) is 18.7. The highest BCUT2D eigenvalue weighted by molar-refractivity contribution is 6.08. The normalized spacial score (nSPS) is 11.7. The molecule has 0 fully saturated rings. The first-order valence-corrected chi connectivity index (χ1v) is 12.7. The fraction of sp³-hybridized carbons (Fsp3) is 0.0286. The van der Waals surface area contributed by atoms with E-state index in [2.05, 4.69) is 77.4 Å². The lowest BCUT2D eigenvalue weighted by Crippen LogP contribution is -2.36. The summed E-state index contributed by atoms with van der Waals surface area (Å²) in [5, 5.41) is 2.17. The van der Waals surface area contributed by atoms with Crippen molar-refractivity contribution in [1.82, 2.24) is 9.55 Å². The number of nitrogens with zero attached hydrogens (tertiary/aromatic N) is 2. The number of aromatic nitrogens is 2. The maximum Gasteiger partial charge on any atom is 0.185 e. The number of ketones is 1. The van der Waals surface area contributed by atoms with Crippen LogP contribution in [-0.4, -0.2) is 15.3 Å². The summed E-state index contributed by atoms with van der Waals surface area (Å²) in [6.07, 6.45) is 7.26. The van der Waals surface area contributed by atoms with Crippen LogP contribution in [0.4, 0.5) is 0 Å². The summed E-state index contributed by atoms with van der Waals surface area (Å²) < 4.78 is 2.15. The largest absolute Gasteiger partial charge is 0.318 e. The number of hydrogen-bond donors (Lipinski definition) is 0. The van der Waals surface area contributed by atoms with Crippen LogP contribution in [0.1, 0.15) is 32.7 Å². The van der Waals surface area contributed by atoms with Crippen molar-refractivity contribution in [3.63, 3.8) is 0 Å². The van der Waals surface area contributed by atoms with E-state index in [9.17, 15) is 4.79 Å². The highest BCUT2D eigenvalue weighted by Crippen LogP contribution is 2.40. The van der Waals surface area contributed by atoms with Gasteiger partial charge in [0.05, 0.1) is 12.0 Å². The van der Waals surface area contributed by atoms with Gasteiger partial charge in [0.2, 0.25) is 0 Å². The zero-order chi connectivity index (χ0) is 25.8. The van der Waals surface area contributed by atoms with Gasteiger partial charge in [0.15, 0.2) is 5.78 Å². The van der Waals surface area contributed by atoms with Gasteiger partial charge in [-0.3, -0.25) is 4.79 Å². The molecular weight excluding hydrogens is 464 g/mol. The Labute approximate surface area is 222 Å². The lowest BCUT2D eigenvalue weighted by Gasteiger charge is -2.37. The molecule has 0 saturated heterocycles. The van der Waals surface area contributed by atoms with E-state index in [1.807, 2.05) is 73.2 Å². The molecule has 0 aliphatic heterocycles. The molecule has 0 radical (unpaired) electrons. The average Bonchev–Trinajstić information content (AvgIpc) is 3.47. The molecule has 182 valence electrons. The van der Waals surface area contributed by atoms with Gasteiger partial charge in [0, 0.05) is 11.8 Å². The molecule has 38 heavy (non-hydrogen) atoms. The molecule has 0 unspecified atom stereocenters. The van der Waals surface area contributed by atoms with E-state index in [1.165, 1.54) is 0 Å². The Hall–Kier alpha value is -5.02. The van der Waals surface area contributed by atoms with Crippen LogP contribution < -0.4 is 0 Å². The maximum atomic E-state index is 13.0. The highest BCUT2D eigenvalue weighted by Gasteiger charge is 2.38. The summed E-state index contributed by atoms with van der Waals surface area (Å²) in [5.74, 6) is -0.0502. The summed E-state index contributed by atoms with van der Waals surface area (Å²) in [7, 11) is 0. The lowest BCUT2D eigenvalue weighted by molar-refractivity contribution is 0.104. The van der Waals surface area contributed by atoms with Crippen LogP contribution in [0.15, 0.2) is 152 Å². The molecule has 0 aliphatic rings. The average molecular weight is 491 g/mol. The Morgan fingerprint density at radius 1 is 0.632 bits per heavy atom. The Morgan fingerprint density at radius 2 is 1.16 bits per heavy atom. The first-order valence-electron chi connectivity index (χ1n) is 12.7. The fourth-order valence-corrected chi connectivity index (χ4v) is 5.19. The molecule has 0 spiro atoms. The molecule has 5 aromatic carbocycles. The van der Waals surface area contributed by atoms with E-state index in [0.717, 1.165) is 27.5 Å². The van der Waals surface area contributed by atoms with E-state index in [1.54, 1.807) is 12.2 Å². The van der Waals surface area contributed by atoms with Gasteiger partial charge in [-0.05, 0) is 45.7 Å². The Kier molecular flexibility index (Phi) is 6.25. The van der Waals surface area contributed by atoms with Crippen LogP contribution in [0.25, 0.3) is 16.8 Å². The molecule has 6 rings (SSSR count). The van der Waals surface area contributed by atoms with Crippen LogP contribution >= 0.6 is 0 Å². The number of rotatable bonds is 7. The lowest BCUT2D eigenvalue weighted by atomic mass is 9.77. The van der Waals surface area contributed by atoms with Crippen molar-refractivity contribution in [3.05, 3.63) is 180 Å². The second kappa shape index (κ2) is 10.2. The summed E-state index contributed by atoms with van der Waals surface area (Å²) in [5.41, 5.74) is 4.11. The molecule has 0 saturated carbocycles. The first kappa shape index (κ1) is 23.4. The third kappa shape index (κ3) is 4.25. The van der Waals surface area contributed by atoms with Crippen molar-refractivity contribution >= 4 is 22.6 Å². The van der Waals surface area contributed by atoms with Gasteiger partial charge in [-0.2, -0.15) is 0 Å². The second-order valence-electron chi connectivity index (χ2n) is 9.27. The molecule has 0 atom stereocenters.